The summed E-state index contributed by atoms with van der Waals surface area (Å²) in [5.41, 5.74) is 8.15. The SMILES string of the molecule is COc1ccc(CN(C)C(=O)C(C)C(N)c2ccccc2)c(OC)c1. The fourth-order valence-electron chi connectivity index (χ4n) is 2.78. The summed E-state index contributed by atoms with van der Waals surface area (Å²) < 4.78 is 10.6. The first kappa shape index (κ1) is 18.8. The van der Waals surface area contributed by atoms with Crippen LogP contribution in [0.1, 0.15) is 24.1 Å². The number of carbonyl (C=O) groups is 1. The van der Waals surface area contributed by atoms with Crippen molar-refractivity contribution in [3.63, 3.8) is 0 Å². The number of benzene rings is 2. The molecule has 134 valence electrons. The van der Waals surface area contributed by atoms with Crippen LogP contribution in [-0.4, -0.2) is 32.1 Å². The lowest BCUT2D eigenvalue weighted by Gasteiger charge is -2.26. The fourth-order valence-corrected chi connectivity index (χ4v) is 2.78. The van der Waals surface area contributed by atoms with Crippen LogP contribution >= 0.6 is 0 Å². The van der Waals surface area contributed by atoms with Gasteiger partial charge in [-0.2, -0.15) is 0 Å². The van der Waals surface area contributed by atoms with Crippen LogP contribution in [0.2, 0.25) is 0 Å². The second-order valence-electron chi connectivity index (χ2n) is 6.10. The van der Waals surface area contributed by atoms with E-state index in [1.165, 1.54) is 0 Å². The maximum absolute atomic E-state index is 12.8. The Morgan fingerprint density at radius 2 is 1.80 bits per heavy atom. The molecule has 0 radical (unpaired) electrons. The van der Waals surface area contributed by atoms with Crippen molar-refractivity contribution in [3.8, 4) is 11.5 Å². The zero-order valence-electron chi connectivity index (χ0n) is 15.2. The van der Waals surface area contributed by atoms with Crippen LogP contribution in [-0.2, 0) is 11.3 Å². The maximum Gasteiger partial charge on any atom is 0.227 e. The summed E-state index contributed by atoms with van der Waals surface area (Å²) >= 11 is 0. The summed E-state index contributed by atoms with van der Waals surface area (Å²) in [7, 11) is 4.99. The van der Waals surface area contributed by atoms with Crippen LogP contribution in [0.25, 0.3) is 0 Å². The zero-order chi connectivity index (χ0) is 18.4. The zero-order valence-corrected chi connectivity index (χ0v) is 15.2. The normalized spacial score (nSPS) is 13.0. The van der Waals surface area contributed by atoms with Crippen molar-refractivity contribution >= 4 is 5.91 Å². The summed E-state index contributed by atoms with van der Waals surface area (Å²) in [5.74, 6) is 1.08. The molecular weight excluding hydrogens is 316 g/mol. The van der Waals surface area contributed by atoms with Crippen LogP contribution in [0.4, 0.5) is 0 Å². The number of hydrogen-bond acceptors (Lipinski definition) is 4. The Bertz CT molecular complexity index is 703. The van der Waals surface area contributed by atoms with E-state index in [0.29, 0.717) is 18.0 Å². The first-order chi connectivity index (χ1) is 12.0. The summed E-state index contributed by atoms with van der Waals surface area (Å²) in [6.07, 6.45) is 0. The van der Waals surface area contributed by atoms with Gasteiger partial charge in [0.25, 0.3) is 0 Å². The molecule has 5 nitrogen and oxygen atoms in total. The number of nitrogens with zero attached hydrogens (tertiary/aromatic N) is 1. The molecule has 2 aromatic carbocycles. The Kier molecular flexibility index (Phi) is 6.42. The van der Waals surface area contributed by atoms with Gasteiger partial charge >= 0.3 is 0 Å². The number of amides is 1. The second-order valence-corrected chi connectivity index (χ2v) is 6.10. The van der Waals surface area contributed by atoms with Crippen LogP contribution in [0.3, 0.4) is 0 Å². The number of rotatable bonds is 7. The summed E-state index contributed by atoms with van der Waals surface area (Å²) in [4.78, 5) is 14.4. The molecule has 0 heterocycles. The predicted molar refractivity (Wildman–Crippen MR) is 98.6 cm³/mol. The molecule has 5 heteroatoms. The van der Waals surface area contributed by atoms with Gasteiger partial charge in [-0.15, -0.1) is 0 Å². The van der Waals surface area contributed by atoms with E-state index in [1.807, 2.05) is 55.5 Å². The molecule has 0 aromatic heterocycles. The highest BCUT2D eigenvalue weighted by molar-refractivity contribution is 5.79. The minimum Gasteiger partial charge on any atom is -0.497 e. The topological polar surface area (TPSA) is 64.8 Å². The molecule has 0 saturated carbocycles. The van der Waals surface area contributed by atoms with Crippen molar-refractivity contribution in [1.29, 1.82) is 0 Å². The van der Waals surface area contributed by atoms with Gasteiger partial charge in [-0.25, -0.2) is 0 Å². The van der Waals surface area contributed by atoms with Gasteiger partial charge in [-0.05, 0) is 17.7 Å². The van der Waals surface area contributed by atoms with E-state index >= 15 is 0 Å². The van der Waals surface area contributed by atoms with Crippen LogP contribution < -0.4 is 15.2 Å². The third kappa shape index (κ3) is 4.51. The Labute approximate surface area is 149 Å². The Morgan fingerprint density at radius 3 is 2.40 bits per heavy atom. The van der Waals surface area contributed by atoms with E-state index in [4.69, 9.17) is 15.2 Å². The Morgan fingerprint density at radius 1 is 1.12 bits per heavy atom. The van der Waals surface area contributed by atoms with Crippen LogP contribution in [0, 0.1) is 5.92 Å². The number of carbonyl (C=O) groups excluding carboxylic acids is 1. The van der Waals surface area contributed by atoms with Crippen LogP contribution in [0.15, 0.2) is 48.5 Å². The van der Waals surface area contributed by atoms with Crippen molar-refractivity contribution < 1.29 is 14.3 Å². The maximum atomic E-state index is 12.8. The molecule has 0 aliphatic heterocycles. The fraction of sp³-hybridized carbons (Fsp3) is 0.350. The standard InChI is InChI=1S/C20H26N2O3/c1-14(19(21)15-8-6-5-7-9-15)20(23)22(2)13-16-10-11-17(24-3)12-18(16)25-4/h5-12,14,19H,13,21H2,1-4H3. The van der Waals surface area contributed by atoms with Crippen molar-refractivity contribution in [1.82, 2.24) is 4.90 Å². The highest BCUT2D eigenvalue weighted by atomic mass is 16.5. The van der Waals surface area contributed by atoms with E-state index in [0.717, 1.165) is 11.1 Å². The molecule has 2 rings (SSSR count). The molecule has 2 aromatic rings. The summed E-state index contributed by atoms with van der Waals surface area (Å²) in [6.45, 7) is 2.31. The van der Waals surface area contributed by atoms with E-state index in [9.17, 15) is 4.79 Å². The van der Waals surface area contributed by atoms with Gasteiger partial charge in [0, 0.05) is 31.3 Å². The van der Waals surface area contributed by atoms with Gasteiger partial charge in [0.2, 0.25) is 5.91 Å². The van der Waals surface area contributed by atoms with E-state index < -0.39 is 0 Å². The highest BCUT2D eigenvalue weighted by Crippen LogP contribution is 2.27. The molecule has 0 saturated heterocycles. The number of hydrogen-bond donors (Lipinski definition) is 1. The van der Waals surface area contributed by atoms with Gasteiger partial charge < -0.3 is 20.1 Å². The molecule has 0 aliphatic rings. The minimum atomic E-state index is -0.339. The van der Waals surface area contributed by atoms with Crippen molar-refractivity contribution in [3.05, 3.63) is 59.7 Å². The van der Waals surface area contributed by atoms with Gasteiger partial charge in [-0.3, -0.25) is 4.79 Å². The highest BCUT2D eigenvalue weighted by Gasteiger charge is 2.25. The molecule has 2 unspecified atom stereocenters. The van der Waals surface area contributed by atoms with Crippen LogP contribution in [0.5, 0.6) is 11.5 Å². The van der Waals surface area contributed by atoms with Gasteiger partial charge in [-0.1, -0.05) is 37.3 Å². The third-order valence-corrected chi connectivity index (χ3v) is 4.39. The Balaban J connectivity index is 2.09. The summed E-state index contributed by atoms with van der Waals surface area (Å²) in [5, 5.41) is 0. The van der Waals surface area contributed by atoms with Gasteiger partial charge in [0.15, 0.2) is 0 Å². The van der Waals surface area contributed by atoms with Crippen molar-refractivity contribution in [2.75, 3.05) is 21.3 Å². The smallest absolute Gasteiger partial charge is 0.227 e. The molecule has 0 fully saturated rings. The van der Waals surface area contributed by atoms with E-state index in [1.54, 1.807) is 26.2 Å². The Hall–Kier alpha value is -2.53. The van der Waals surface area contributed by atoms with Crippen molar-refractivity contribution in [2.45, 2.75) is 19.5 Å². The quantitative estimate of drug-likeness (QED) is 0.840. The monoisotopic (exact) mass is 342 g/mol. The van der Waals surface area contributed by atoms with E-state index in [-0.39, 0.29) is 17.9 Å². The number of ether oxygens (including phenoxy) is 2. The minimum absolute atomic E-state index is 0.00535. The molecule has 2 N–H and O–H groups in total. The number of methoxy groups -OCH3 is 2. The lowest BCUT2D eigenvalue weighted by molar-refractivity contribution is -0.134. The number of nitrogens with two attached hydrogens (primary N) is 1. The molecule has 25 heavy (non-hydrogen) atoms. The lowest BCUT2D eigenvalue weighted by atomic mass is 9.94. The second kappa shape index (κ2) is 8.53. The molecule has 2 atom stereocenters. The first-order valence-electron chi connectivity index (χ1n) is 8.24. The summed E-state index contributed by atoms with van der Waals surface area (Å²) in [6, 6.07) is 14.9. The molecular formula is C20H26N2O3. The average Bonchev–Trinajstić information content (AvgIpc) is 2.67. The van der Waals surface area contributed by atoms with Gasteiger partial charge in [0.05, 0.1) is 20.1 Å². The van der Waals surface area contributed by atoms with E-state index in [2.05, 4.69) is 0 Å². The molecule has 0 bridgehead atoms. The first-order valence-corrected chi connectivity index (χ1v) is 8.24. The largest absolute Gasteiger partial charge is 0.497 e. The molecule has 1 amide bonds. The van der Waals surface area contributed by atoms with Crippen molar-refractivity contribution in [2.24, 2.45) is 11.7 Å². The average molecular weight is 342 g/mol. The molecule has 0 spiro atoms. The molecule has 0 aliphatic carbocycles. The predicted octanol–water partition coefficient (Wildman–Crippen LogP) is 3.00. The lowest BCUT2D eigenvalue weighted by Crippen LogP contribution is -2.36. The van der Waals surface area contributed by atoms with Gasteiger partial charge in [0.1, 0.15) is 11.5 Å². The third-order valence-electron chi connectivity index (χ3n) is 4.39.